The van der Waals surface area contributed by atoms with Gasteiger partial charge in [0.15, 0.2) is 0 Å². The van der Waals surface area contributed by atoms with Crippen LogP contribution in [-0.2, 0) is 26.0 Å². The van der Waals surface area contributed by atoms with E-state index >= 15 is 0 Å². The topological polar surface area (TPSA) is 87.2 Å². The number of nitrogens with zero attached hydrogens (tertiary/aromatic N) is 2. The molecule has 0 aromatic heterocycles. The second-order valence-electron chi connectivity index (χ2n) is 8.51. The monoisotopic (exact) mass is 496 g/mol. The van der Waals surface area contributed by atoms with E-state index in [0.717, 1.165) is 5.56 Å². The average molecular weight is 497 g/mol. The fourth-order valence-electron chi connectivity index (χ4n) is 4.29. The van der Waals surface area contributed by atoms with E-state index < -0.39 is 21.7 Å². The van der Waals surface area contributed by atoms with Crippen LogP contribution < -0.4 is 0 Å². The highest BCUT2D eigenvalue weighted by Crippen LogP contribution is 2.29. The van der Waals surface area contributed by atoms with Crippen molar-refractivity contribution in [2.75, 3.05) is 32.8 Å². The van der Waals surface area contributed by atoms with Crippen molar-refractivity contribution in [3.05, 3.63) is 64.9 Å². The molecule has 0 saturated carbocycles. The van der Waals surface area contributed by atoms with E-state index in [1.54, 1.807) is 29.2 Å². The van der Waals surface area contributed by atoms with Gasteiger partial charge in [0.2, 0.25) is 10.0 Å². The molecule has 1 amide bonds. The van der Waals surface area contributed by atoms with Gasteiger partial charge in [-0.1, -0.05) is 35.9 Å². The maximum atomic E-state index is 13.1. The van der Waals surface area contributed by atoms with Gasteiger partial charge in [-0.3, -0.25) is 4.79 Å². The van der Waals surface area contributed by atoms with Crippen LogP contribution in [0.3, 0.4) is 0 Å². The standard InChI is InChI=1S/C23H26ClFN2O5S/c24-19-3-1-2-4-21(19)33(30,31)27-13-14-32-20(16-27)22(28)26-11-9-23(29,10-12-26)15-17-5-7-18(25)8-6-17/h1-8,20,29H,9-16H2. The Balaban J connectivity index is 1.38. The molecule has 2 aromatic carbocycles. The minimum atomic E-state index is -3.86. The zero-order valence-electron chi connectivity index (χ0n) is 18.0. The number of piperidine rings is 1. The molecule has 2 saturated heterocycles. The van der Waals surface area contributed by atoms with E-state index in [2.05, 4.69) is 0 Å². The van der Waals surface area contributed by atoms with Gasteiger partial charge < -0.3 is 14.7 Å². The van der Waals surface area contributed by atoms with Gasteiger partial charge in [-0.05, 0) is 42.7 Å². The molecular formula is C23H26ClFN2O5S. The fraction of sp³-hybridized carbons (Fsp3) is 0.435. The number of amides is 1. The Kier molecular flexibility index (Phi) is 7.07. The molecule has 1 unspecified atom stereocenters. The summed E-state index contributed by atoms with van der Waals surface area (Å²) < 4.78 is 46.0. The van der Waals surface area contributed by atoms with E-state index in [1.807, 2.05) is 0 Å². The smallest absolute Gasteiger partial charge is 0.253 e. The summed E-state index contributed by atoms with van der Waals surface area (Å²) in [4.78, 5) is 14.7. The number of hydrogen-bond acceptors (Lipinski definition) is 5. The molecule has 2 aromatic rings. The molecule has 4 rings (SSSR count). The van der Waals surface area contributed by atoms with Gasteiger partial charge in [0.25, 0.3) is 5.91 Å². The summed E-state index contributed by atoms with van der Waals surface area (Å²) >= 11 is 6.09. The molecule has 0 bridgehead atoms. The second-order valence-corrected chi connectivity index (χ2v) is 10.8. The molecular weight excluding hydrogens is 471 g/mol. The van der Waals surface area contributed by atoms with Crippen LogP contribution in [0.25, 0.3) is 0 Å². The molecule has 1 atom stereocenters. The van der Waals surface area contributed by atoms with Gasteiger partial charge in [-0.2, -0.15) is 4.31 Å². The Morgan fingerprint density at radius 3 is 2.45 bits per heavy atom. The molecule has 1 N–H and O–H groups in total. The molecule has 2 aliphatic heterocycles. The Morgan fingerprint density at radius 2 is 1.79 bits per heavy atom. The number of sulfonamides is 1. The van der Waals surface area contributed by atoms with Crippen LogP contribution in [0.5, 0.6) is 0 Å². The number of benzene rings is 2. The minimum Gasteiger partial charge on any atom is -0.389 e. The largest absolute Gasteiger partial charge is 0.389 e. The third-order valence-corrected chi connectivity index (χ3v) is 8.58. The van der Waals surface area contributed by atoms with Crippen LogP contribution in [-0.4, -0.2) is 73.1 Å². The summed E-state index contributed by atoms with van der Waals surface area (Å²) in [6, 6.07) is 12.2. The van der Waals surface area contributed by atoms with Crippen LogP contribution in [0.4, 0.5) is 4.39 Å². The number of morpholine rings is 1. The molecule has 2 heterocycles. The number of carbonyl (C=O) groups is 1. The lowest BCUT2D eigenvalue weighted by molar-refractivity contribution is -0.151. The van der Waals surface area contributed by atoms with Crippen molar-refractivity contribution in [3.8, 4) is 0 Å². The first-order valence-electron chi connectivity index (χ1n) is 10.8. The van der Waals surface area contributed by atoms with Crippen molar-refractivity contribution in [2.24, 2.45) is 0 Å². The molecule has 178 valence electrons. The molecule has 0 radical (unpaired) electrons. The first kappa shape index (κ1) is 24.1. The zero-order valence-corrected chi connectivity index (χ0v) is 19.6. The van der Waals surface area contributed by atoms with Crippen LogP contribution in [0.2, 0.25) is 5.02 Å². The van der Waals surface area contributed by atoms with E-state index in [4.69, 9.17) is 16.3 Å². The van der Waals surface area contributed by atoms with Gasteiger partial charge in [0, 0.05) is 32.6 Å². The predicted octanol–water partition coefficient (Wildman–Crippen LogP) is 2.46. The number of ether oxygens (including phenoxy) is 1. The van der Waals surface area contributed by atoms with Crippen LogP contribution in [0.1, 0.15) is 18.4 Å². The zero-order chi connectivity index (χ0) is 23.6. The number of hydrogen-bond donors (Lipinski definition) is 1. The lowest BCUT2D eigenvalue weighted by atomic mass is 9.85. The van der Waals surface area contributed by atoms with Gasteiger partial charge in [-0.25, -0.2) is 12.8 Å². The van der Waals surface area contributed by atoms with E-state index in [0.29, 0.717) is 32.4 Å². The highest BCUT2D eigenvalue weighted by molar-refractivity contribution is 7.89. The molecule has 7 nitrogen and oxygen atoms in total. The normalized spacial score (nSPS) is 21.7. The first-order valence-corrected chi connectivity index (χ1v) is 12.6. The number of carbonyl (C=O) groups excluding carboxylic acids is 1. The Labute approximate surface area is 197 Å². The number of halogens is 2. The van der Waals surface area contributed by atoms with E-state index in [-0.39, 0.29) is 41.3 Å². The molecule has 2 aliphatic rings. The van der Waals surface area contributed by atoms with Crippen LogP contribution >= 0.6 is 11.6 Å². The van der Waals surface area contributed by atoms with Crippen LogP contribution in [0, 0.1) is 5.82 Å². The van der Waals surface area contributed by atoms with Gasteiger partial charge >= 0.3 is 0 Å². The number of rotatable bonds is 5. The van der Waals surface area contributed by atoms with E-state index in [9.17, 15) is 22.7 Å². The van der Waals surface area contributed by atoms with Crippen LogP contribution in [0.15, 0.2) is 53.4 Å². The second kappa shape index (κ2) is 9.68. The minimum absolute atomic E-state index is 0.00333. The molecule has 0 spiro atoms. The quantitative estimate of drug-likeness (QED) is 0.687. The first-order chi connectivity index (χ1) is 15.7. The van der Waals surface area contributed by atoms with Gasteiger partial charge in [0.1, 0.15) is 16.8 Å². The summed E-state index contributed by atoms with van der Waals surface area (Å²) in [6.07, 6.45) is 0.188. The van der Waals surface area contributed by atoms with E-state index in [1.165, 1.54) is 28.6 Å². The maximum absolute atomic E-state index is 13.1. The lowest BCUT2D eigenvalue weighted by Crippen LogP contribution is -2.55. The summed E-state index contributed by atoms with van der Waals surface area (Å²) in [5, 5.41) is 11.1. The summed E-state index contributed by atoms with van der Waals surface area (Å²) in [7, 11) is -3.86. The van der Waals surface area contributed by atoms with Gasteiger partial charge in [0.05, 0.1) is 17.2 Å². The molecule has 0 aliphatic carbocycles. The van der Waals surface area contributed by atoms with Gasteiger partial charge in [-0.15, -0.1) is 0 Å². The van der Waals surface area contributed by atoms with Crippen molar-refractivity contribution in [1.82, 2.24) is 9.21 Å². The SMILES string of the molecule is O=C(C1CN(S(=O)(=O)c2ccccc2Cl)CCO1)N1CCC(O)(Cc2ccc(F)cc2)CC1. The third-order valence-electron chi connectivity index (χ3n) is 6.21. The van der Waals surface area contributed by atoms with Crippen molar-refractivity contribution < 1.29 is 27.4 Å². The number of aliphatic hydroxyl groups is 1. The number of likely N-dealkylation sites (tertiary alicyclic amines) is 1. The average Bonchev–Trinajstić information content (AvgIpc) is 2.81. The fourth-order valence-corrected chi connectivity index (χ4v) is 6.21. The highest BCUT2D eigenvalue weighted by atomic mass is 35.5. The Morgan fingerprint density at radius 1 is 1.12 bits per heavy atom. The summed E-state index contributed by atoms with van der Waals surface area (Å²) in [5.74, 6) is -0.623. The van der Waals surface area contributed by atoms with Crippen molar-refractivity contribution in [3.63, 3.8) is 0 Å². The molecule has 2 fully saturated rings. The summed E-state index contributed by atoms with van der Waals surface area (Å²) in [5.41, 5.74) is -0.156. The summed E-state index contributed by atoms with van der Waals surface area (Å²) in [6.45, 7) is 0.793. The Bertz CT molecular complexity index is 1100. The van der Waals surface area contributed by atoms with Crippen molar-refractivity contribution in [2.45, 2.75) is 35.9 Å². The van der Waals surface area contributed by atoms with Crippen molar-refractivity contribution in [1.29, 1.82) is 0 Å². The highest BCUT2D eigenvalue weighted by Gasteiger charge is 2.39. The predicted molar refractivity (Wildman–Crippen MR) is 121 cm³/mol. The molecule has 10 heteroatoms. The lowest BCUT2D eigenvalue weighted by Gasteiger charge is -2.40. The molecule has 33 heavy (non-hydrogen) atoms. The third kappa shape index (κ3) is 5.38. The Hall–Kier alpha value is -2.04. The maximum Gasteiger partial charge on any atom is 0.253 e. The van der Waals surface area contributed by atoms with Crippen molar-refractivity contribution >= 4 is 27.5 Å².